The van der Waals surface area contributed by atoms with Crippen LogP contribution in [0, 0.1) is 0 Å². The van der Waals surface area contributed by atoms with Crippen molar-refractivity contribution in [2.45, 2.75) is 78.1 Å². The molecule has 0 unspecified atom stereocenters. The first-order valence-corrected chi connectivity index (χ1v) is 15.5. The van der Waals surface area contributed by atoms with Crippen LogP contribution < -0.4 is 0 Å². The third-order valence-electron chi connectivity index (χ3n) is 5.78. The van der Waals surface area contributed by atoms with Gasteiger partial charge in [-0.15, -0.1) is 0 Å². The Hall–Kier alpha value is -0.850. The highest BCUT2D eigenvalue weighted by atomic mass is 16.6. The second kappa shape index (κ2) is 36.2. The van der Waals surface area contributed by atoms with Crippen LogP contribution in [0.5, 0.6) is 0 Å². The van der Waals surface area contributed by atoms with Gasteiger partial charge in [-0.05, 0) is 6.42 Å². The fraction of sp³-hybridized carbons (Fsp3) is 0.967. The Morgan fingerprint density at radius 1 is 0.350 bits per heavy atom. The monoisotopic (exact) mass is 580 g/mol. The molecular weight excluding hydrogens is 520 g/mol. The SMILES string of the molecule is CCCCCCCCCCCCOCCOCCOCCOCCOCCOCCOCCOCCOC(C)=O. The van der Waals surface area contributed by atoms with Crippen LogP contribution in [0.4, 0.5) is 0 Å². The summed E-state index contributed by atoms with van der Waals surface area (Å²) in [6.07, 6.45) is 13.4. The van der Waals surface area contributed by atoms with Crippen molar-refractivity contribution in [2.24, 2.45) is 0 Å². The molecule has 0 fully saturated rings. The van der Waals surface area contributed by atoms with Crippen LogP contribution in [0.15, 0.2) is 0 Å². The molecule has 0 N–H and O–H groups in total. The van der Waals surface area contributed by atoms with Crippen molar-refractivity contribution in [1.82, 2.24) is 0 Å². The maximum absolute atomic E-state index is 10.6. The van der Waals surface area contributed by atoms with Crippen LogP contribution in [0.1, 0.15) is 78.1 Å². The lowest BCUT2D eigenvalue weighted by Crippen LogP contribution is -2.15. The van der Waals surface area contributed by atoms with E-state index >= 15 is 0 Å². The van der Waals surface area contributed by atoms with Gasteiger partial charge in [-0.3, -0.25) is 4.79 Å². The largest absolute Gasteiger partial charge is 0.463 e. The van der Waals surface area contributed by atoms with Crippen molar-refractivity contribution >= 4 is 5.97 Å². The van der Waals surface area contributed by atoms with Gasteiger partial charge in [0.05, 0.1) is 99.1 Å². The van der Waals surface area contributed by atoms with Gasteiger partial charge in [0.2, 0.25) is 0 Å². The van der Waals surface area contributed by atoms with E-state index in [1.54, 1.807) is 0 Å². The van der Waals surface area contributed by atoms with Crippen molar-refractivity contribution in [1.29, 1.82) is 0 Å². The highest BCUT2D eigenvalue weighted by molar-refractivity contribution is 5.65. The first-order chi connectivity index (χ1) is 19.8. The van der Waals surface area contributed by atoms with Gasteiger partial charge in [0.1, 0.15) is 6.61 Å². The van der Waals surface area contributed by atoms with Crippen LogP contribution in [0.2, 0.25) is 0 Å². The number of ether oxygens (including phenoxy) is 9. The third kappa shape index (κ3) is 37.1. The molecule has 0 spiro atoms. The van der Waals surface area contributed by atoms with E-state index in [0.717, 1.165) is 13.0 Å². The summed E-state index contributed by atoms with van der Waals surface area (Å²) in [5.74, 6) is -0.304. The topological polar surface area (TPSA) is 100 Å². The second-order valence-corrected chi connectivity index (χ2v) is 9.42. The van der Waals surface area contributed by atoms with Crippen molar-refractivity contribution in [3.8, 4) is 0 Å². The highest BCUT2D eigenvalue weighted by Crippen LogP contribution is 2.10. The van der Waals surface area contributed by atoms with Crippen LogP contribution in [0.3, 0.4) is 0 Å². The summed E-state index contributed by atoms with van der Waals surface area (Å²) in [6, 6.07) is 0. The number of rotatable bonds is 35. The van der Waals surface area contributed by atoms with E-state index in [0.29, 0.717) is 99.1 Å². The smallest absolute Gasteiger partial charge is 0.302 e. The molecule has 0 radical (unpaired) electrons. The standard InChI is InChI=1S/C30H60O10/c1-3-4-5-6-7-8-9-10-11-12-13-32-14-15-33-16-17-34-18-19-35-20-21-36-22-23-37-24-25-38-26-27-39-28-29-40-30(2)31/h3-29H2,1-2H3. The van der Waals surface area contributed by atoms with Crippen LogP contribution in [-0.4, -0.2) is 118 Å². The maximum atomic E-state index is 10.6. The van der Waals surface area contributed by atoms with E-state index in [-0.39, 0.29) is 12.6 Å². The van der Waals surface area contributed by atoms with Crippen LogP contribution >= 0.6 is 0 Å². The summed E-state index contributed by atoms with van der Waals surface area (Å²) in [7, 11) is 0. The fourth-order valence-electron chi connectivity index (χ4n) is 3.58. The third-order valence-corrected chi connectivity index (χ3v) is 5.78. The Kier molecular flexibility index (Phi) is 35.4. The number of hydrogen-bond acceptors (Lipinski definition) is 10. The molecule has 0 aromatic carbocycles. The average molecular weight is 581 g/mol. The minimum atomic E-state index is -0.304. The lowest BCUT2D eigenvalue weighted by Gasteiger charge is -2.09. The number of esters is 1. The number of unbranched alkanes of at least 4 members (excludes halogenated alkanes) is 9. The Labute approximate surface area is 244 Å². The first kappa shape index (κ1) is 39.1. The molecule has 0 saturated heterocycles. The number of hydrogen-bond donors (Lipinski definition) is 0. The maximum Gasteiger partial charge on any atom is 0.302 e. The Morgan fingerprint density at radius 2 is 0.600 bits per heavy atom. The molecule has 0 bridgehead atoms. The van der Waals surface area contributed by atoms with Gasteiger partial charge in [-0.2, -0.15) is 0 Å². The summed E-state index contributed by atoms with van der Waals surface area (Å²) >= 11 is 0. The van der Waals surface area contributed by atoms with Gasteiger partial charge in [0.15, 0.2) is 0 Å². The lowest BCUT2D eigenvalue weighted by atomic mass is 10.1. The summed E-state index contributed by atoms with van der Waals surface area (Å²) in [6.45, 7) is 12.6. The second-order valence-electron chi connectivity index (χ2n) is 9.42. The van der Waals surface area contributed by atoms with Gasteiger partial charge >= 0.3 is 5.97 Å². The highest BCUT2D eigenvalue weighted by Gasteiger charge is 1.97. The van der Waals surface area contributed by atoms with Gasteiger partial charge in [-0.25, -0.2) is 0 Å². The summed E-state index contributed by atoms with van der Waals surface area (Å²) in [4.78, 5) is 10.6. The molecular formula is C30H60O10. The zero-order chi connectivity index (χ0) is 29.0. The molecule has 0 aliphatic heterocycles. The van der Waals surface area contributed by atoms with Gasteiger partial charge < -0.3 is 42.6 Å². The van der Waals surface area contributed by atoms with E-state index in [1.165, 1.54) is 64.7 Å². The van der Waals surface area contributed by atoms with Crippen molar-refractivity contribution < 1.29 is 47.4 Å². The Bertz CT molecular complexity index is 481. The number of carbonyl (C=O) groups excluding carboxylic acids is 1. The molecule has 0 aliphatic rings. The normalized spacial score (nSPS) is 11.3. The van der Waals surface area contributed by atoms with Crippen molar-refractivity contribution in [3.63, 3.8) is 0 Å². The fourth-order valence-corrected chi connectivity index (χ4v) is 3.58. The summed E-state index contributed by atoms with van der Waals surface area (Å²) < 4.78 is 48.4. The molecule has 0 amide bonds. The molecule has 0 atom stereocenters. The molecule has 0 saturated carbocycles. The van der Waals surface area contributed by atoms with Gasteiger partial charge in [0.25, 0.3) is 0 Å². The summed E-state index contributed by atoms with van der Waals surface area (Å²) in [5.41, 5.74) is 0. The predicted octanol–water partition coefficient (Wildman–Crippen LogP) is 4.60. The molecule has 40 heavy (non-hydrogen) atoms. The minimum Gasteiger partial charge on any atom is -0.463 e. The van der Waals surface area contributed by atoms with E-state index < -0.39 is 0 Å². The molecule has 0 aromatic rings. The molecule has 10 nitrogen and oxygen atoms in total. The number of carbonyl (C=O) groups is 1. The van der Waals surface area contributed by atoms with Gasteiger partial charge in [0, 0.05) is 13.5 Å². The minimum absolute atomic E-state index is 0.267. The quantitative estimate of drug-likeness (QED) is 0.0781. The van der Waals surface area contributed by atoms with E-state index in [2.05, 4.69) is 6.92 Å². The zero-order valence-corrected chi connectivity index (χ0v) is 25.7. The first-order valence-electron chi connectivity index (χ1n) is 15.5. The van der Waals surface area contributed by atoms with Crippen molar-refractivity contribution in [3.05, 3.63) is 0 Å². The van der Waals surface area contributed by atoms with E-state index in [9.17, 15) is 4.79 Å². The van der Waals surface area contributed by atoms with Crippen LogP contribution in [0.25, 0.3) is 0 Å². The summed E-state index contributed by atoms with van der Waals surface area (Å²) in [5, 5.41) is 0. The molecule has 240 valence electrons. The Morgan fingerprint density at radius 3 is 0.900 bits per heavy atom. The van der Waals surface area contributed by atoms with Crippen molar-refractivity contribution in [2.75, 3.05) is 112 Å². The predicted molar refractivity (Wildman–Crippen MR) is 155 cm³/mol. The zero-order valence-electron chi connectivity index (χ0n) is 25.7. The van der Waals surface area contributed by atoms with E-state index in [4.69, 9.17) is 42.6 Å². The molecule has 0 aromatic heterocycles. The molecule has 10 heteroatoms. The molecule has 0 heterocycles. The molecule has 0 rings (SSSR count). The van der Waals surface area contributed by atoms with E-state index in [1.807, 2.05) is 0 Å². The van der Waals surface area contributed by atoms with Crippen LogP contribution in [-0.2, 0) is 47.4 Å². The van der Waals surface area contributed by atoms with Gasteiger partial charge in [-0.1, -0.05) is 64.7 Å². The average Bonchev–Trinajstić information content (AvgIpc) is 2.95. The molecule has 0 aliphatic carbocycles. The lowest BCUT2D eigenvalue weighted by molar-refractivity contribution is -0.142. The Balaban J connectivity index is 3.03.